The average molecular weight is 250 g/mol. The molecule has 0 bridgehead atoms. The van der Waals surface area contributed by atoms with Gasteiger partial charge in [-0.05, 0) is 42.9 Å². The average Bonchev–Trinajstić information content (AvgIpc) is 2.61. The SMILES string of the molecule is CC1(C)CCC(Nc2cc(C(N)=O)ccc2F)C1. The standard InChI is InChI=1S/C14H19FN2O/c1-14(2)6-5-10(8-14)17-12-7-9(13(16)18)3-4-11(12)15/h3-4,7,10,17H,5-6,8H2,1-2H3,(H2,16,18). The van der Waals surface area contributed by atoms with Gasteiger partial charge in [-0.3, -0.25) is 4.79 Å². The summed E-state index contributed by atoms with van der Waals surface area (Å²) in [5.74, 6) is -0.880. The molecule has 1 aliphatic carbocycles. The van der Waals surface area contributed by atoms with E-state index in [1.165, 1.54) is 18.2 Å². The van der Waals surface area contributed by atoms with E-state index in [-0.39, 0.29) is 11.9 Å². The van der Waals surface area contributed by atoms with Gasteiger partial charge in [0.15, 0.2) is 0 Å². The molecule has 1 aromatic rings. The summed E-state index contributed by atoms with van der Waals surface area (Å²) in [5.41, 5.74) is 6.20. The molecule has 1 aliphatic rings. The van der Waals surface area contributed by atoms with Crippen LogP contribution in [0.4, 0.5) is 10.1 Å². The van der Waals surface area contributed by atoms with Crippen molar-refractivity contribution in [2.24, 2.45) is 11.1 Å². The van der Waals surface area contributed by atoms with Gasteiger partial charge in [-0.15, -0.1) is 0 Å². The Morgan fingerprint density at radius 3 is 2.78 bits per heavy atom. The number of benzene rings is 1. The highest BCUT2D eigenvalue weighted by Crippen LogP contribution is 2.38. The quantitative estimate of drug-likeness (QED) is 0.866. The number of primary amides is 1. The van der Waals surface area contributed by atoms with E-state index in [0.29, 0.717) is 16.7 Å². The lowest BCUT2D eigenvalue weighted by molar-refractivity contribution is 0.100. The number of nitrogens with one attached hydrogen (secondary N) is 1. The fourth-order valence-electron chi connectivity index (χ4n) is 2.57. The van der Waals surface area contributed by atoms with Crippen LogP contribution in [0, 0.1) is 11.2 Å². The zero-order chi connectivity index (χ0) is 13.3. The van der Waals surface area contributed by atoms with E-state index < -0.39 is 5.91 Å². The first kappa shape index (κ1) is 12.9. The first-order chi connectivity index (χ1) is 8.37. The molecule has 1 fully saturated rings. The third-order valence-electron chi connectivity index (χ3n) is 3.58. The predicted octanol–water partition coefficient (Wildman–Crippen LogP) is 2.92. The molecule has 3 nitrogen and oxygen atoms in total. The van der Waals surface area contributed by atoms with Crippen molar-refractivity contribution in [2.45, 2.75) is 39.2 Å². The van der Waals surface area contributed by atoms with Gasteiger partial charge in [0.25, 0.3) is 0 Å². The maximum atomic E-state index is 13.7. The van der Waals surface area contributed by atoms with Gasteiger partial charge in [0.2, 0.25) is 5.91 Å². The molecule has 3 N–H and O–H groups in total. The summed E-state index contributed by atoms with van der Waals surface area (Å²) in [6.45, 7) is 4.43. The van der Waals surface area contributed by atoms with Gasteiger partial charge >= 0.3 is 0 Å². The van der Waals surface area contributed by atoms with Gasteiger partial charge in [0.05, 0.1) is 5.69 Å². The lowest BCUT2D eigenvalue weighted by Gasteiger charge is -2.19. The van der Waals surface area contributed by atoms with Crippen molar-refractivity contribution in [1.82, 2.24) is 0 Å². The minimum atomic E-state index is -0.537. The van der Waals surface area contributed by atoms with Gasteiger partial charge in [0, 0.05) is 11.6 Å². The molecule has 1 aromatic carbocycles. The zero-order valence-corrected chi connectivity index (χ0v) is 10.8. The molecule has 0 spiro atoms. The number of halogens is 1. The molecule has 0 saturated heterocycles. The Kier molecular flexibility index (Phi) is 3.28. The van der Waals surface area contributed by atoms with Crippen molar-refractivity contribution < 1.29 is 9.18 Å². The van der Waals surface area contributed by atoms with Crippen LogP contribution in [0.15, 0.2) is 18.2 Å². The molecule has 18 heavy (non-hydrogen) atoms. The number of anilines is 1. The Labute approximate surface area is 107 Å². The van der Waals surface area contributed by atoms with Gasteiger partial charge in [-0.2, -0.15) is 0 Å². The number of rotatable bonds is 3. The van der Waals surface area contributed by atoms with Gasteiger partial charge < -0.3 is 11.1 Å². The smallest absolute Gasteiger partial charge is 0.248 e. The van der Waals surface area contributed by atoms with Crippen molar-refractivity contribution in [3.05, 3.63) is 29.6 Å². The van der Waals surface area contributed by atoms with Crippen LogP contribution in [0.5, 0.6) is 0 Å². The maximum absolute atomic E-state index is 13.7. The normalized spacial score (nSPS) is 21.8. The second-order valence-corrected chi connectivity index (χ2v) is 5.81. The van der Waals surface area contributed by atoms with Crippen molar-refractivity contribution in [3.8, 4) is 0 Å². The molecule has 0 aliphatic heterocycles. The Hall–Kier alpha value is -1.58. The lowest BCUT2D eigenvalue weighted by atomic mass is 9.92. The van der Waals surface area contributed by atoms with Crippen LogP contribution in [0.3, 0.4) is 0 Å². The molecular weight excluding hydrogens is 231 g/mol. The van der Waals surface area contributed by atoms with Crippen LogP contribution in [0.1, 0.15) is 43.5 Å². The maximum Gasteiger partial charge on any atom is 0.248 e. The Morgan fingerprint density at radius 1 is 1.50 bits per heavy atom. The molecule has 1 atom stereocenters. The number of carbonyl (C=O) groups is 1. The van der Waals surface area contributed by atoms with E-state index in [4.69, 9.17) is 5.73 Å². The number of hydrogen-bond donors (Lipinski definition) is 2. The summed E-state index contributed by atoms with van der Waals surface area (Å²) in [4.78, 5) is 11.1. The summed E-state index contributed by atoms with van der Waals surface area (Å²) >= 11 is 0. The Bertz CT molecular complexity index is 471. The second-order valence-electron chi connectivity index (χ2n) is 5.81. The molecule has 98 valence electrons. The predicted molar refractivity (Wildman–Crippen MR) is 70.0 cm³/mol. The lowest BCUT2D eigenvalue weighted by Crippen LogP contribution is -2.19. The highest BCUT2D eigenvalue weighted by Gasteiger charge is 2.31. The van der Waals surface area contributed by atoms with Crippen molar-refractivity contribution in [2.75, 3.05) is 5.32 Å². The largest absolute Gasteiger partial charge is 0.380 e. The van der Waals surface area contributed by atoms with Crippen LogP contribution in [0.2, 0.25) is 0 Å². The third kappa shape index (κ3) is 2.81. The van der Waals surface area contributed by atoms with E-state index in [9.17, 15) is 9.18 Å². The van der Waals surface area contributed by atoms with E-state index in [1.807, 2.05) is 0 Å². The highest BCUT2D eigenvalue weighted by molar-refractivity contribution is 5.93. The van der Waals surface area contributed by atoms with E-state index in [1.54, 1.807) is 0 Å². The topological polar surface area (TPSA) is 55.1 Å². The van der Waals surface area contributed by atoms with Crippen LogP contribution in [-0.4, -0.2) is 11.9 Å². The molecule has 0 heterocycles. The Balaban J connectivity index is 2.14. The summed E-state index contributed by atoms with van der Waals surface area (Å²) in [6, 6.07) is 4.44. The fourth-order valence-corrected chi connectivity index (χ4v) is 2.57. The highest BCUT2D eigenvalue weighted by atomic mass is 19.1. The molecule has 2 rings (SSSR count). The minimum Gasteiger partial charge on any atom is -0.380 e. The number of carbonyl (C=O) groups excluding carboxylic acids is 1. The van der Waals surface area contributed by atoms with Gasteiger partial charge in [-0.1, -0.05) is 13.8 Å². The molecule has 4 heteroatoms. The second kappa shape index (κ2) is 4.59. The first-order valence-electron chi connectivity index (χ1n) is 6.23. The van der Waals surface area contributed by atoms with E-state index in [2.05, 4.69) is 19.2 Å². The first-order valence-corrected chi connectivity index (χ1v) is 6.23. The minimum absolute atomic E-state index is 0.262. The van der Waals surface area contributed by atoms with Crippen LogP contribution < -0.4 is 11.1 Å². The molecular formula is C14H19FN2O. The molecule has 1 unspecified atom stereocenters. The monoisotopic (exact) mass is 250 g/mol. The van der Waals surface area contributed by atoms with Crippen LogP contribution in [0.25, 0.3) is 0 Å². The summed E-state index contributed by atoms with van der Waals surface area (Å²) in [6.07, 6.45) is 3.16. The van der Waals surface area contributed by atoms with E-state index >= 15 is 0 Å². The molecule has 1 amide bonds. The summed E-state index contributed by atoms with van der Waals surface area (Å²) in [7, 11) is 0. The number of amides is 1. The number of hydrogen-bond acceptors (Lipinski definition) is 2. The fraction of sp³-hybridized carbons (Fsp3) is 0.500. The van der Waals surface area contributed by atoms with Crippen molar-refractivity contribution in [1.29, 1.82) is 0 Å². The van der Waals surface area contributed by atoms with E-state index in [0.717, 1.165) is 19.3 Å². The van der Waals surface area contributed by atoms with Gasteiger partial charge in [-0.25, -0.2) is 4.39 Å². The van der Waals surface area contributed by atoms with Crippen molar-refractivity contribution >= 4 is 11.6 Å². The van der Waals surface area contributed by atoms with Crippen molar-refractivity contribution in [3.63, 3.8) is 0 Å². The number of nitrogens with two attached hydrogens (primary N) is 1. The van der Waals surface area contributed by atoms with Crippen LogP contribution in [-0.2, 0) is 0 Å². The Morgan fingerprint density at radius 2 is 2.22 bits per heavy atom. The van der Waals surface area contributed by atoms with Gasteiger partial charge in [0.1, 0.15) is 5.82 Å². The zero-order valence-electron chi connectivity index (χ0n) is 10.8. The molecule has 0 radical (unpaired) electrons. The summed E-state index contributed by atoms with van der Waals surface area (Å²) in [5, 5.41) is 3.18. The summed E-state index contributed by atoms with van der Waals surface area (Å²) < 4.78 is 13.7. The van der Waals surface area contributed by atoms with Crippen LogP contribution >= 0.6 is 0 Å². The molecule has 0 aromatic heterocycles. The molecule has 1 saturated carbocycles. The third-order valence-corrected chi connectivity index (χ3v) is 3.58.